The lowest BCUT2D eigenvalue weighted by Crippen LogP contribution is -2.33. The summed E-state index contributed by atoms with van der Waals surface area (Å²) in [5.74, 6) is 0. The molecular formula is C25H39N2+. The van der Waals surface area contributed by atoms with Gasteiger partial charge >= 0.3 is 0 Å². The molecule has 0 aromatic carbocycles. The average molecular weight is 368 g/mol. The Morgan fingerprint density at radius 3 is 1.85 bits per heavy atom. The van der Waals surface area contributed by atoms with E-state index in [-0.39, 0.29) is 0 Å². The van der Waals surface area contributed by atoms with Gasteiger partial charge in [-0.3, -0.25) is 4.98 Å². The molecule has 0 atom stereocenters. The van der Waals surface area contributed by atoms with Crippen molar-refractivity contribution in [2.75, 3.05) is 0 Å². The molecule has 0 aliphatic carbocycles. The highest BCUT2D eigenvalue weighted by molar-refractivity contribution is 5.11. The van der Waals surface area contributed by atoms with Gasteiger partial charge in [0.15, 0.2) is 12.4 Å². The molecule has 0 aliphatic heterocycles. The molecule has 2 heteroatoms. The Balaban J connectivity index is 1.34. The lowest BCUT2D eigenvalue weighted by Gasteiger charge is -2.03. The first-order valence-electron chi connectivity index (χ1n) is 11.1. The fourth-order valence-electron chi connectivity index (χ4n) is 3.88. The molecule has 0 N–H and O–H groups in total. The van der Waals surface area contributed by atoms with E-state index in [1.807, 2.05) is 18.5 Å². The quantitative estimate of drug-likeness (QED) is 0.274. The molecule has 0 unspecified atom stereocenters. The predicted octanol–water partition coefficient (Wildman–Crippen LogP) is 6.52. The number of unbranched alkanes of at least 4 members (excludes halogenated alkanes) is 10. The van der Waals surface area contributed by atoms with Crippen LogP contribution in [0.1, 0.15) is 87.3 Å². The van der Waals surface area contributed by atoms with Gasteiger partial charge in [-0.2, -0.15) is 0 Å². The van der Waals surface area contributed by atoms with Crippen LogP contribution >= 0.6 is 0 Å². The minimum Gasteiger partial charge on any atom is -0.264 e. The summed E-state index contributed by atoms with van der Waals surface area (Å²) in [5, 5.41) is 0. The van der Waals surface area contributed by atoms with Gasteiger partial charge in [0, 0.05) is 29.9 Å². The van der Waals surface area contributed by atoms with Crippen LogP contribution in [0.4, 0.5) is 0 Å². The summed E-state index contributed by atoms with van der Waals surface area (Å²) >= 11 is 0. The highest BCUT2D eigenvalue weighted by atomic mass is 14.9. The van der Waals surface area contributed by atoms with Crippen LogP contribution in [0.15, 0.2) is 43.0 Å². The number of hydrogen-bond donors (Lipinski definition) is 0. The topological polar surface area (TPSA) is 16.8 Å². The first-order chi connectivity index (χ1) is 13.2. The molecule has 0 radical (unpaired) electrons. The van der Waals surface area contributed by atoms with Crippen molar-refractivity contribution in [3.8, 4) is 0 Å². The summed E-state index contributed by atoms with van der Waals surface area (Å²) in [6, 6.07) is 6.47. The lowest BCUT2D eigenvalue weighted by molar-refractivity contribution is -0.698. The number of nitrogens with zero attached hydrogens (tertiary/aromatic N) is 2. The molecule has 2 rings (SSSR count). The first-order valence-corrected chi connectivity index (χ1v) is 11.1. The van der Waals surface area contributed by atoms with Crippen LogP contribution in [-0.2, 0) is 13.0 Å². The summed E-state index contributed by atoms with van der Waals surface area (Å²) in [5.41, 5.74) is 4.12. The minimum atomic E-state index is 1.17. The van der Waals surface area contributed by atoms with Crippen molar-refractivity contribution in [3.63, 3.8) is 0 Å². The summed E-state index contributed by atoms with van der Waals surface area (Å²) in [6.45, 7) is 5.54. The Kier molecular flexibility index (Phi) is 10.8. The summed E-state index contributed by atoms with van der Waals surface area (Å²) in [4.78, 5) is 4.18. The van der Waals surface area contributed by atoms with E-state index in [1.54, 1.807) is 0 Å². The maximum atomic E-state index is 4.18. The van der Waals surface area contributed by atoms with Gasteiger partial charge < -0.3 is 0 Å². The molecule has 2 aromatic rings. The summed E-state index contributed by atoms with van der Waals surface area (Å²) < 4.78 is 2.36. The molecule has 2 aromatic heterocycles. The van der Waals surface area contributed by atoms with Gasteiger partial charge in [0.05, 0.1) is 0 Å². The van der Waals surface area contributed by atoms with Crippen molar-refractivity contribution in [2.24, 2.45) is 0 Å². The lowest BCUT2D eigenvalue weighted by atomic mass is 10.0. The van der Waals surface area contributed by atoms with E-state index in [1.165, 1.54) is 100 Å². The smallest absolute Gasteiger partial charge is 0.171 e. The van der Waals surface area contributed by atoms with E-state index in [9.17, 15) is 0 Å². The zero-order chi connectivity index (χ0) is 19.2. The maximum Gasteiger partial charge on any atom is 0.171 e. The van der Waals surface area contributed by atoms with Crippen LogP contribution in [0.5, 0.6) is 0 Å². The van der Waals surface area contributed by atoms with Gasteiger partial charge in [-0.1, -0.05) is 57.4 Å². The molecule has 0 bridgehead atoms. The van der Waals surface area contributed by atoms with Crippen LogP contribution in [-0.4, -0.2) is 4.98 Å². The molecule has 2 heterocycles. The third kappa shape index (κ3) is 10.3. The average Bonchev–Trinajstić information content (AvgIpc) is 2.65. The zero-order valence-corrected chi connectivity index (χ0v) is 17.6. The second kappa shape index (κ2) is 13.5. The van der Waals surface area contributed by atoms with Gasteiger partial charge in [0.1, 0.15) is 6.54 Å². The van der Waals surface area contributed by atoms with Crippen molar-refractivity contribution in [2.45, 2.75) is 97.4 Å². The molecule has 0 saturated carbocycles. The minimum absolute atomic E-state index is 1.17. The molecule has 0 fully saturated rings. The molecule has 27 heavy (non-hydrogen) atoms. The first kappa shape index (κ1) is 21.6. The Bertz CT molecular complexity index is 601. The Morgan fingerprint density at radius 1 is 0.741 bits per heavy atom. The van der Waals surface area contributed by atoms with E-state index in [4.69, 9.17) is 0 Å². The largest absolute Gasteiger partial charge is 0.264 e. The van der Waals surface area contributed by atoms with Gasteiger partial charge in [0.2, 0.25) is 0 Å². The fraction of sp³-hybridized carbons (Fsp3) is 0.600. The molecular weight excluding hydrogens is 328 g/mol. The second-order valence-corrected chi connectivity index (χ2v) is 8.13. The van der Waals surface area contributed by atoms with Crippen molar-refractivity contribution >= 4 is 0 Å². The number of pyridine rings is 2. The Morgan fingerprint density at radius 2 is 1.30 bits per heavy atom. The van der Waals surface area contributed by atoms with E-state index < -0.39 is 0 Å². The van der Waals surface area contributed by atoms with E-state index in [0.29, 0.717) is 0 Å². The van der Waals surface area contributed by atoms with Crippen molar-refractivity contribution < 1.29 is 4.57 Å². The van der Waals surface area contributed by atoms with Gasteiger partial charge in [-0.05, 0) is 50.8 Å². The Hall–Kier alpha value is -1.70. The standard InChI is InChI=1S/C25H39N2/c1-23-19-24(2)22-27(21-23)18-13-11-9-7-5-3-4-6-8-10-12-15-25-16-14-17-26-20-25/h14,16-17,19-22H,3-13,15,18H2,1-2H3/q+1. The third-order valence-electron chi connectivity index (χ3n) is 5.30. The molecule has 0 saturated heterocycles. The predicted molar refractivity (Wildman–Crippen MR) is 115 cm³/mol. The Labute approximate surface area is 167 Å². The monoisotopic (exact) mass is 367 g/mol. The van der Waals surface area contributed by atoms with E-state index in [2.05, 4.69) is 47.9 Å². The fourth-order valence-corrected chi connectivity index (χ4v) is 3.88. The number of rotatable bonds is 14. The van der Waals surface area contributed by atoms with E-state index >= 15 is 0 Å². The highest BCUT2D eigenvalue weighted by Crippen LogP contribution is 2.12. The second-order valence-electron chi connectivity index (χ2n) is 8.13. The van der Waals surface area contributed by atoms with Crippen molar-refractivity contribution in [1.29, 1.82) is 0 Å². The van der Waals surface area contributed by atoms with Crippen LogP contribution in [0.25, 0.3) is 0 Å². The summed E-state index contributed by atoms with van der Waals surface area (Å²) in [7, 11) is 0. The highest BCUT2D eigenvalue weighted by Gasteiger charge is 2.02. The van der Waals surface area contributed by atoms with Crippen LogP contribution < -0.4 is 4.57 Å². The molecule has 0 amide bonds. The van der Waals surface area contributed by atoms with Crippen molar-refractivity contribution in [3.05, 3.63) is 59.7 Å². The molecule has 148 valence electrons. The van der Waals surface area contributed by atoms with Crippen molar-refractivity contribution in [1.82, 2.24) is 4.98 Å². The number of aryl methyl sites for hydroxylation is 4. The number of aromatic nitrogens is 2. The molecule has 0 aliphatic rings. The SMILES string of the molecule is Cc1cc(C)c[n+](CCCCCCCCCCCCCc2cccnc2)c1. The van der Waals surface area contributed by atoms with E-state index in [0.717, 1.165) is 0 Å². The number of hydrogen-bond acceptors (Lipinski definition) is 1. The van der Waals surface area contributed by atoms with Crippen LogP contribution in [0.2, 0.25) is 0 Å². The van der Waals surface area contributed by atoms with Gasteiger partial charge in [-0.25, -0.2) is 4.57 Å². The van der Waals surface area contributed by atoms with Gasteiger partial charge in [-0.15, -0.1) is 0 Å². The summed E-state index contributed by atoms with van der Waals surface area (Å²) in [6.07, 6.45) is 24.8. The van der Waals surface area contributed by atoms with Crippen LogP contribution in [0, 0.1) is 13.8 Å². The maximum absolute atomic E-state index is 4.18. The molecule has 2 nitrogen and oxygen atoms in total. The normalized spacial score (nSPS) is 11.0. The van der Waals surface area contributed by atoms with Crippen LogP contribution in [0.3, 0.4) is 0 Å². The van der Waals surface area contributed by atoms with Gasteiger partial charge in [0.25, 0.3) is 0 Å². The molecule has 0 spiro atoms. The third-order valence-corrected chi connectivity index (χ3v) is 5.30. The zero-order valence-electron chi connectivity index (χ0n) is 17.6.